The highest BCUT2D eigenvalue weighted by Gasteiger charge is 2.36. The topological polar surface area (TPSA) is 23.8 Å². The molecule has 0 bridgehead atoms. The molecule has 0 amide bonds. The van der Waals surface area contributed by atoms with Crippen molar-refractivity contribution in [1.29, 1.82) is 5.26 Å². The maximum absolute atomic E-state index is 9.20. The van der Waals surface area contributed by atoms with Gasteiger partial charge in [-0.25, -0.2) is 0 Å². The second-order valence-electron chi connectivity index (χ2n) is 4.11. The molecule has 3 heteroatoms. The van der Waals surface area contributed by atoms with Crippen molar-refractivity contribution in [2.24, 2.45) is 0 Å². The average Bonchev–Trinajstić information content (AvgIpc) is 2.47. The molecule has 1 nitrogen and oxygen atoms in total. The molecule has 0 unspecified atom stereocenters. The van der Waals surface area contributed by atoms with Crippen LogP contribution < -0.4 is 10.4 Å². The Bertz CT molecular complexity index is 494. The van der Waals surface area contributed by atoms with Crippen molar-refractivity contribution < 1.29 is 0 Å². The van der Waals surface area contributed by atoms with E-state index in [4.69, 9.17) is 0 Å². The zero-order valence-corrected chi connectivity index (χ0v) is 12.2. The van der Waals surface area contributed by atoms with Crippen LogP contribution in [0.25, 0.3) is 0 Å². The summed E-state index contributed by atoms with van der Waals surface area (Å²) >= 11 is 1.47. The Morgan fingerprint density at radius 1 is 0.944 bits per heavy atom. The van der Waals surface area contributed by atoms with Gasteiger partial charge in [-0.1, -0.05) is 78.8 Å². The lowest BCUT2D eigenvalue weighted by molar-refractivity contribution is 1.43. The Hall–Kier alpha value is -1.50. The molecule has 2 aromatic carbocycles. The van der Waals surface area contributed by atoms with E-state index in [1.807, 2.05) is 12.1 Å². The number of benzene rings is 2. The van der Waals surface area contributed by atoms with Crippen LogP contribution in [0, 0.1) is 10.7 Å². The minimum absolute atomic E-state index is 1.03. The molecule has 0 aliphatic heterocycles. The third-order valence-corrected chi connectivity index (χ3v) is 10.8. The predicted molar refractivity (Wildman–Crippen MR) is 81.6 cm³/mol. The van der Waals surface area contributed by atoms with Crippen LogP contribution in [0.1, 0.15) is 6.92 Å². The van der Waals surface area contributed by atoms with E-state index in [0.29, 0.717) is 0 Å². The lowest BCUT2D eigenvalue weighted by Gasteiger charge is -2.27. The Morgan fingerprint density at radius 3 is 1.72 bits per heavy atom. The summed E-state index contributed by atoms with van der Waals surface area (Å²) < 4.78 is 0. The lowest BCUT2D eigenvalue weighted by atomic mass is 10.4. The first-order valence-electron chi connectivity index (χ1n) is 6.01. The van der Waals surface area contributed by atoms with Crippen molar-refractivity contribution in [3.05, 3.63) is 60.7 Å². The van der Waals surface area contributed by atoms with Crippen LogP contribution >= 0.6 is 11.2 Å². The van der Waals surface area contributed by atoms with Crippen molar-refractivity contribution in [2.75, 3.05) is 0 Å². The quantitative estimate of drug-likeness (QED) is 0.629. The normalized spacial score (nSPS) is 10.9. The summed E-state index contributed by atoms with van der Waals surface area (Å²) in [6.07, 6.45) is 0. The molecule has 18 heavy (non-hydrogen) atoms. The van der Waals surface area contributed by atoms with Crippen molar-refractivity contribution >= 4 is 28.8 Å². The second-order valence-corrected chi connectivity index (χ2v) is 10.7. The number of hydrogen-bond acceptors (Lipinski definition) is 2. The van der Waals surface area contributed by atoms with Gasteiger partial charge in [0.05, 0.1) is 0 Å². The minimum Gasteiger partial charge on any atom is -0.186 e. The first-order valence-corrected chi connectivity index (χ1v) is 9.76. The van der Waals surface area contributed by atoms with Gasteiger partial charge in [0.25, 0.3) is 0 Å². The third-order valence-electron chi connectivity index (χ3n) is 3.20. The van der Waals surface area contributed by atoms with Gasteiger partial charge < -0.3 is 0 Å². The summed E-state index contributed by atoms with van der Waals surface area (Å²) in [5, 5.41) is 14.2. The summed E-state index contributed by atoms with van der Waals surface area (Å²) in [6, 6.07) is 22.0. The molecule has 0 saturated heterocycles. The molecule has 90 valence electrons. The molecule has 0 heterocycles. The Balaban J connectivity index is 2.58. The van der Waals surface area contributed by atoms with E-state index in [-0.39, 0.29) is 0 Å². The van der Waals surface area contributed by atoms with E-state index in [0.717, 1.165) is 6.04 Å². The molecular weight excluding hydrogens is 254 g/mol. The average molecular weight is 269 g/mol. The highest BCUT2D eigenvalue weighted by molar-refractivity contribution is 8.34. The van der Waals surface area contributed by atoms with Gasteiger partial charge in [0.2, 0.25) is 0 Å². The number of nitrogens with zero attached hydrogens (tertiary/aromatic N) is 1. The van der Waals surface area contributed by atoms with Gasteiger partial charge in [-0.3, -0.25) is 0 Å². The molecule has 0 atom stereocenters. The first-order chi connectivity index (χ1) is 8.83. The van der Waals surface area contributed by atoms with Crippen LogP contribution in [0.3, 0.4) is 0 Å². The SMILES string of the molecule is CC[Si](SC#N)(c1ccccc1)c1ccccc1. The molecular formula is C15H15NSSi. The van der Waals surface area contributed by atoms with Crippen molar-refractivity contribution in [2.45, 2.75) is 13.0 Å². The first kappa shape index (κ1) is 12.9. The smallest absolute Gasteiger partial charge is 0.186 e. The number of thiocyanates is 1. The van der Waals surface area contributed by atoms with E-state index in [1.165, 1.54) is 21.6 Å². The number of rotatable bonds is 4. The Labute approximate surface area is 113 Å². The fourth-order valence-electron chi connectivity index (χ4n) is 2.26. The highest BCUT2D eigenvalue weighted by Crippen LogP contribution is 2.23. The summed E-state index contributed by atoms with van der Waals surface area (Å²) in [4.78, 5) is 0. The van der Waals surface area contributed by atoms with Crippen LogP contribution in [0.5, 0.6) is 0 Å². The minimum atomic E-state index is -1.97. The maximum atomic E-state index is 9.20. The molecule has 0 radical (unpaired) electrons. The van der Waals surface area contributed by atoms with Gasteiger partial charge in [-0.15, -0.1) is 0 Å². The second kappa shape index (κ2) is 5.90. The molecule has 0 fully saturated rings. The Morgan fingerprint density at radius 2 is 1.39 bits per heavy atom. The molecule has 0 saturated carbocycles. The standard InChI is InChI=1S/C15H15NSSi/c1-2-18(17-13-16,14-9-5-3-6-10-14)15-11-7-4-8-12-15/h3-12H,2H2,1H3. The van der Waals surface area contributed by atoms with Crippen LogP contribution in [-0.4, -0.2) is 7.22 Å². The number of hydrogen-bond donors (Lipinski definition) is 0. The zero-order chi connectivity index (χ0) is 12.8. The van der Waals surface area contributed by atoms with E-state index in [9.17, 15) is 5.26 Å². The van der Waals surface area contributed by atoms with Gasteiger partial charge in [0, 0.05) is 0 Å². The lowest BCUT2D eigenvalue weighted by Crippen LogP contribution is -2.54. The predicted octanol–water partition coefficient (Wildman–Crippen LogP) is 2.98. The van der Waals surface area contributed by atoms with E-state index in [1.54, 1.807) is 0 Å². The van der Waals surface area contributed by atoms with E-state index < -0.39 is 7.22 Å². The molecule has 2 rings (SSSR count). The van der Waals surface area contributed by atoms with E-state index in [2.05, 4.69) is 60.9 Å². The van der Waals surface area contributed by atoms with Crippen LogP contribution in [0.15, 0.2) is 60.7 Å². The van der Waals surface area contributed by atoms with Gasteiger partial charge in [-0.2, -0.15) is 5.26 Å². The van der Waals surface area contributed by atoms with Gasteiger partial charge >= 0.3 is 0 Å². The van der Waals surface area contributed by atoms with Gasteiger partial charge in [-0.05, 0) is 16.4 Å². The largest absolute Gasteiger partial charge is 0.197 e. The van der Waals surface area contributed by atoms with Crippen LogP contribution in [-0.2, 0) is 0 Å². The third kappa shape index (κ3) is 2.35. The van der Waals surface area contributed by atoms with Gasteiger partial charge in [0.15, 0.2) is 7.22 Å². The molecule has 0 aliphatic carbocycles. The summed E-state index contributed by atoms with van der Waals surface area (Å²) in [6.45, 7) is 2.19. The zero-order valence-electron chi connectivity index (χ0n) is 10.3. The number of nitriles is 1. The molecule has 2 aromatic rings. The molecule has 0 N–H and O–H groups in total. The van der Waals surface area contributed by atoms with E-state index >= 15 is 0 Å². The van der Waals surface area contributed by atoms with Crippen LogP contribution in [0.4, 0.5) is 0 Å². The molecule has 0 spiro atoms. The summed E-state index contributed by atoms with van der Waals surface area (Å²) in [7, 11) is -1.97. The Kier molecular flexibility index (Phi) is 4.24. The van der Waals surface area contributed by atoms with Crippen molar-refractivity contribution in [3.8, 4) is 5.40 Å². The summed E-state index contributed by atoms with van der Waals surface area (Å²) in [5.74, 6) is 0. The monoisotopic (exact) mass is 269 g/mol. The highest BCUT2D eigenvalue weighted by atomic mass is 32.4. The van der Waals surface area contributed by atoms with Crippen molar-refractivity contribution in [3.63, 3.8) is 0 Å². The fourth-order valence-corrected chi connectivity index (χ4v) is 7.83. The molecule has 0 aromatic heterocycles. The fraction of sp³-hybridized carbons (Fsp3) is 0.133. The van der Waals surface area contributed by atoms with Crippen LogP contribution in [0.2, 0.25) is 6.04 Å². The summed E-state index contributed by atoms with van der Waals surface area (Å²) in [5.41, 5.74) is 0. The van der Waals surface area contributed by atoms with Crippen molar-refractivity contribution in [1.82, 2.24) is 0 Å². The maximum Gasteiger partial charge on any atom is 0.197 e. The molecule has 0 aliphatic rings. The van der Waals surface area contributed by atoms with Gasteiger partial charge in [0.1, 0.15) is 5.40 Å².